The number of primary amides is 1. The quantitative estimate of drug-likeness (QED) is 0.660. The molecule has 0 aliphatic heterocycles. The molecule has 0 aromatic rings. The number of urea groups is 1. The van der Waals surface area contributed by atoms with E-state index in [0.717, 1.165) is 19.3 Å². The molecule has 2 unspecified atom stereocenters. The second-order valence-electron chi connectivity index (χ2n) is 5.40. The van der Waals surface area contributed by atoms with Crippen LogP contribution >= 0.6 is 0 Å². The Morgan fingerprint density at radius 1 is 1.50 bits per heavy atom. The van der Waals surface area contributed by atoms with Gasteiger partial charge in [-0.2, -0.15) is 0 Å². The number of imide groups is 1. The van der Waals surface area contributed by atoms with Gasteiger partial charge in [0, 0.05) is 12.1 Å². The zero-order chi connectivity index (χ0) is 13.8. The zero-order valence-electron chi connectivity index (χ0n) is 11.2. The molecule has 1 saturated carbocycles. The normalized spacial score (nSPS) is 28.1. The number of likely N-dealkylation sites (N-methyl/N-ethyl adjacent to an activating group) is 1. The van der Waals surface area contributed by atoms with Crippen molar-refractivity contribution in [2.24, 2.45) is 17.4 Å². The van der Waals surface area contributed by atoms with Crippen LogP contribution in [0.4, 0.5) is 4.79 Å². The van der Waals surface area contributed by atoms with E-state index in [2.05, 4.69) is 12.2 Å². The summed E-state index contributed by atoms with van der Waals surface area (Å²) in [6, 6.07) is -0.813. The number of rotatable bonds is 4. The van der Waals surface area contributed by atoms with Crippen LogP contribution in [-0.4, -0.2) is 42.5 Å². The minimum atomic E-state index is -0.813. The Hall–Kier alpha value is -1.14. The average molecular weight is 256 g/mol. The Labute approximate surface area is 108 Å². The maximum absolute atomic E-state index is 11.6. The number of nitrogens with two attached hydrogens (primary N) is 2. The summed E-state index contributed by atoms with van der Waals surface area (Å²) in [4.78, 5) is 24.1. The van der Waals surface area contributed by atoms with E-state index in [1.165, 1.54) is 6.42 Å². The van der Waals surface area contributed by atoms with Crippen LogP contribution in [0.15, 0.2) is 0 Å². The van der Waals surface area contributed by atoms with Gasteiger partial charge in [-0.1, -0.05) is 19.8 Å². The monoisotopic (exact) mass is 256 g/mol. The molecular weight excluding hydrogens is 232 g/mol. The Morgan fingerprint density at radius 3 is 2.67 bits per heavy atom. The van der Waals surface area contributed by atoms with Gasteiger partial charge in [-0.3, -0.25) is 15.0 Å². The minimum Gasteiger partial charge on any atom is -0.351 e. The van der Waals surface area contributed by atoms with Crippen molar-refractivity contribution in [1.82, 2.24) is 10.2 Å². The number of carbonyl (C=O) groups is 2. The molecule has 3 amide bonds. The van der Waals surface area contributed by atoms with Crippen molar-refractivity contribution >= 4 is 11.9 Å². The fraction of sp³-hybridized carbons (Fsp3) is 0.833. The number of carbonyl (C=O) groups excluding carboxylic acids is 2. The summed E-state index contributed by atoms with van der Waals surface area (Å²) < 4.78 is 0. The first-order valence-electron chi connectivity index (χ1n) is 6.40. The average Bonchev–Trinajstić information content (AvgIpc) is 2.27. The minimum absolute atomic E-state index is 0.132. The van der Waals surface area contributed by atoms with Crippen LogP contribution in [0.25, 0.3) is 0 Å². The summed E-state index contributed by atoms with van der Waals surface area (Å²) in [7, 11) is 1.88. The number of amides is 3. The smallest absolute Gasteiger partial charge is 0.318 e. The van der Waals surface area contributed by atoms with Crippen LogP contribution in [0.5, 0.6) is 0 Å². The fourth-order valence-corrected chi connectivity index (χ4v) is 2.88. The van der Waals surface area contributed by atoms with Crippen LogP contribution in [0.3, 0.4) is 0 Å². The highest BCUT2D eigenvalue weighted by atomic mass is 16.2. The van der Waals surface area contributed by atoms with Gasteiger partial charge in [-0.25, -0.2) is 4.79 Å². The van der Waals surface area contributed by atoms with Gasteiger partial charge in [0.05, 0.1) is 6.54 Å². The second-order valence-corrected chi connectivity index (χ2v) is 5.40. The Morgan fingerprint density at radius 2 is 2.17 bits per heavy atom. The van der Waals surface area contributed by atoms with Crippen LogP contribution in [-0.2, 0) is 4.79 Å². The van der Waals surface area contributed by atoms with Gasteiger partial charge in [0.2, 0.25) is 5.91 Å². The highest BCUT2D eigenvalue weighted by Gasteiger charge is 2.37. The molecule has 104 valence electrons. The van der Waals surface area contributed by atoms with Gasteiger partial charge in [-0.15, -0.1) is 0 Å². The molecule has 0 heterocycles. The first-order valence-corrected chi connectivity index (χ1v) is 6.40. The highest BCUT2D eigenvalue weighted by Crippen LogP contribution is 2.35. The molecule has 18 heavy (non-hydrogen) atoms. The maximum Gasteiger partial charge on any atom is 0.318 e. The van der Waals surface area contributed by atoms with E-state index in [1.807, 2.05) is 11.9 Å². The lowest BCUT2D eigenvalue weighted by atomic mass is 9.75. The van der Waals surface area contributed by atoms with E-state index >= 15 is 0 Å². The van der Waals surface area contributed by atoms with Gasteiger partial charge >= 0.3 is 6.03 Å². The van der Waals surface area contributed by atoms with Crippen molar-refractivity contribution in [2.75, 3.05) is 20.1 Å². The largest absolute Gasteiger partial charge is 0.351 e. The van der Waals surface area contributed by atoms with Crippen LogP contribution in [0.2, 0.25) is 0 Å². The Kier molecular flexibility index (Phi) is 5.10. The molecule has 1 fully saturated rings. The standard InChI is InChI=1S/C12H24N4O2/c1-9-4-3-5-12(6-9,8-13)16(2)7-10(17)15-11(14)18/h9H,3-8,13H2,1-2H3,(H3,14,15,17,18). The third kappa shape index (κ3) is 3.68. The van der Waals surface area contributed by atoms with Crippen LogP contribution < -0.4 is 16.8 Å². The van der Waals surface area contributed by atoms with Crippen LogP contribution in [0, 0.1) is 5.92 Å². The van der Waals surface area contributed by atoms with Crippen molar-refractivity contribution in [3.8, 4) is 0 Å². The zero-order valence-corrected chi connectivity index (χ0v) is 11.2. The van der Waals surface area contributed by atoms with E-state index in [0.29, 0.717) is 12.5 Å². The molecule has 0 spiro atoms. The molecule has 1 aliphatic rings. The molecule has 0 radical (unpaired) electrons. The molecule has 6 nitrogen and oxygen atoms in total. The number of nitrogens with one attached hydrogen (secondary N) is 1. The molecule has 0 bridgehead atoms. The molecule has 0 aromatic carbocycles. The van der Waals surface area contributed by atoms with Crippen molar-refractivity contribution in [3.63, 3.8) is 0 Å². The predicted octanol–water partition coefficient (Wildman–Crippen LogP) is 0.0207. The van der Waals surface area contributed by atoms with Gasteiger partial charge in [0.25, 0.3) is 0 Å². The summed E-state index contributed by atoms with van der Waals surface area (Å²) >= 11 is 0. The van der Waals surface area contributed by atoms with Crippen LogP contribution in [0.1, 0.15) is 32.6 Å². The molecular formula is C12H24N4O2. The lowest BCUT2D eigenvalue weighted by Crippen LogP contribution is -2.57. The van der Waals surface area contributed by atoms with E-state index in [9.17, 15) is 9.59 Å². The third-order valence-corrected chi connectivity index (χ3v) is 3.90. The summed E-state index contributed by atoms with van der Waals surface area (Å²) in [6.07, 6.45) is 4.32. The third-order valence-electron chi connectivity index (χ3n) is 3.90. The molecule has 5 N–H and O–H groups in total. The van der Waals surface area contributed by atoms with Crippen molar-refractivity contribution < 1.29 is 9.59 Å². The predicted molar refractivity (Wildman–Crippen MR) is 69.8 cm³/mol. The van der Waals surface area contributed by atoms with E-state index < -0.39 is 6.03 Å². The lowest BCUT2D eigenvalue weighted by Gasteiger charge is -2.45. The van der Waals surface area contributed by atoms with Crippen molar-refractivity contribution in [1.29, 1.82) is 0 Å². The lowest BCUT2D eigenvalue weighted by molar-refractivity contribution is -0.122. The van der Waals surface area contributed by atoms with Gasteiger partial charge in [0.15, 0.2) is 0 Å². The second kappa shape index (κ2) is 6.15. The molecule has 0 saturated heterocycles. The van der Waals surface area contributed by atoms with Gasteiger partial charge in [0.1, 0.15) is 0 Å². The van der Waals surface area contributed by atoms with Crippen molar-refractivity contribution in [2.45, 2.75) is 38.1 Å². The molecule has 1 rings (SSSR count). The highest BCUT2D eigenvalue weighted by molar-refractivity contribution is 5.94. The number of nitrogens with zero attached hydrogens (tertiary/aromatic N) is 1. The van der Waals surface area contributed by atoms with E-state index in [1.54, 1.807) is 0 Å². The molecule has 1 aliphatic carbocycles. The van der Waals surface area contributed by atoms with E-state index in [-0.39, 0.29) is 18.0 Å². The van der Waals surface area contributed by atoms with E-state index in [4.69, 9.17) is 11.5 Å². The maximum atomic E-state index is 11.6. The Balaban J connectivity index is 2.63. The summed E-state index contributed by atoms with van der Waals surface area (Å²) in [5, 5.41) is 2.08. The number of hydrogen-bond donors (Lipinski definition) is 3. The van der Waals surface area contributed by atoms with Gasteiger partial charge in [-0.05, 0) is 25.8 Å². The molecule has 2 atom stereocenters. The number of hydrogen-bond acceptors (Lipinski definition) is 4. The molecule has 0 aromatic heterocycles. The summed E-state index contributed by atoms with van der Waals surface area (Å²) in [5.41, 5.74) is 10.7. The summed E-state index contributed by atoms with van der Waals surface area (Å²) in [5.74, 6) is 0.236. The fourth-order valence-electron chi connectivity index (χ4n) is 2.88. The first kappa shape index (κ1) is 14.9. The SMILES string of the molecule is CC1CCCC(CN)(N(C)CC(=O)NC(N)=O)C1. The topological polar surface area (TPSA) is 101 Å². The van der Waals surface area contributed by atoms with Gasteiger partial charge < -0.3 is 11.5 Å². The summed E-state index contributed by atoms with van der Waals surface area (Å²) in [6.45, 7) is 2.88. The Bertz CT molecular complexity index is 321. The molecule has 6 heteroatoms. The van der Waals surface area contributed by atoms with Crippen molar-refractivity contribution in [3.05, 3.63) is 0 Å². The first-order chi connectivity index (χ1) is 8.39.